The van der Waals surface area contributed by atoms with Crippen LogP contribution in [0.4, 0.5) is 0 Å². The summed E-state index contributed by atoms with van der Waals surface area (Å²) in [7, 11) is 1.82. The van der Waals surface area contributed by atoms with Gasteiger partial charge in [-0.25, -0.2) is 0 Å². The number of hydrogen-bond acceptors (Lipinski definition) is 3. The molecule has 2 aliphatic rings. The third kappa shape index (κ3) is 4.35. The molecule has 2 heterocycles. The van der Waals surface area contributed by atoms with Crippen LogP contribution in [0.5, 0.6) is 0 Å². The molecule has 110 valence electrons. The molecule has 0 saturated carbocycles. The van der Waals surface area contributed by atoms with Gasteiger partial charge in [0.15, 0.2) is 5.96 Å². The lowest BCUT2D eigenvalue weighted by Crippen LogP contribution is -2.49. The number of nitrogens with one attached hydrogen (secondary N) is 3. The molecule has 2 fully saturated rings. The Hall–Kier alpha value is -0.810. The first-order valence-electron chi connectivity index (χ1n) is 7.35. The minimum absolute atomic E-state index is 0.164. The number of ether oxygens (including phenoxy) is 1. The molecule has 0 aliphatic carbocycles. The summed E-state index contributed by atoms with van der Waals surface area (Å²) in [4.78, 5) is 4.28. The van der Waals surface area contributed by atoms with E-state index in [-0.39, 0.29) is 5.54 Å². The molecule has 0 radical (unpaired) electrons. The van der Waals surface area contributed by atoms with Crippen molar-refractivity contribution < 1.29 is 4.74 Å². The highest BCUT2D eigenvalue weighted by molar-refractivity contribution is 5.80. The fourth-order valence-electron chi connectivity index (χ4n) is 2.78. The normalized spacial score (nSPS) is 30.7. The largest absolute Gasteiger partial charge is 0.373 e. The standard InChI is InChI=1S/C14H28N4O/c1-14(2,3)17-8-7-16-13(15-4)18-11-9-10-5-6-12(11)19-10/h10-12,17H,5-9H2,1-4H3,(H2,15,16,18). The molecule has 2 bridgehead atoms. The first kappa shape index (κ1) is 14.6. The Kier molecular flexibility index (Phi) is 4.68. The van der Waals surface area contributed by atoms with Crippen molar-refractivity contribution in [3.8, 4) is 0 Å². The van der Waals surface area contributed by atoms with Gasteiger partial charge in [0, 0.05) is 25.7 Å². The lowest BCUT2D eigenvalue weighted by atomic mass is 9.96. The molecule has 0 spiro atoms. The quantitative estimate of drug-likeness (QED) is 0.402. The van der Waals surface area contributed by atoms with Gasteiger partial charge in [-0.3, -0.25) is 4.99 Å². The van der Waals surface area contributed by atoms with E-state index in [9.17, 15) is 0 Å². The SMILES string of the molecule is CN=C(NCCNC(C)(C)C)NC1CC2CCC1O2. The van der Waals surface area contributed by atoms with Crippen LogP contribution < -0.4 is 16.0 Å². The number of hydrogen-bond donors (Lipinski definition) is 3. The second kappa shape index (κ2) is 6.09. The molecule has 3 unspecified atom stereocenters. The minimum atomic E-state index is 0.164. The molecule has 0 amide bonds. The van der Waals surface area contributed by atoms with Gasteiger partial charge in [-0.15, -0.1) is 0 Å². The van der Waals surface area contributed by atoms with Crippen molar-refractivity contribution in [3.05, 3.63) is 0 Å². The number of aliphatic imine (C=N–C) groups is 1. The zero-order chi connectivity index (χ0) is 13.9. The number of fused-ring (bicyclic) bond motifs is 2. The van der Waals surface area contributed by atoms with Gasteiger partial charge in [-0.1, -0.05) is 0 Å². The third-order valence-electron chi connectivity index (χ3n) is 3.72. The van der Waals surface area contributed by atoms with Crippen molar-refractivity contribution in [1.29, 1.82) is 0 Å². The molecule has 0 aromatic heterocycles. The Labute approximate surface area is 116 Å². The number of rotatable bonds is 4. The maximum Gasteiger partial charge on any atom is 0.191 e. The van der Waals surface area contributed by atoms with Crippen LogP contribution in [0.15, 0.2) is 4.99 Å². The monoisotopic (exact) mass is 268 g/mol. The molecule has 5 heteroatoms. The molecule has 3 N–H and O–H groups in total. The smallest absolute Gasteiger partial charge is 0.191 e. The molecular formula is C14H28N4O. The van der Waals surface area contributed by atoms with E-state index in [2.05, 4.69) is 41.7 Å². The highest BCUT2D eigenvalue weighted by Crippen LogP contribution is 2.34. The van der Waals surface area contributed by atoms with Gasteiger partial charge in [0.1, 0.15) is 0 Å². The van der Waals surface area contributed by atoms with Gasteiger partial charge in [0.05, 0.1) is 18.2 Å². The van der Waals surface area contributed by atoms with Crippen LogP contribution in [0.1, 0.15) is 40.0 Å². The van der Waals surface area contributed by atoms with Gasteiger partial charge in [-0.2, -0.15) is 0 Å². The van der Waals surface area contributed by atoms with E-state index in [0.717, 1.165) is 25.5 Å². The summed E-state index contributed by atoms with van der Waals surface area (Å²) < 4.78 is 5.84. The van der Waals surface area contributed by atoms with Crippen molar-refractivity contribution in [2.45, 2.75) is 63.8 Å². The van der Waals surface area contributed by atoms with E-state index in [1.54, 1.807) is 0 Å². The molecule has 5 nitrogen and oxygen atoms in total. The van der Waals surface area contributed by atoms with E-state index in [4.69, 9.17) is 4.74 Å². The summed E-state index contributed by atoms with van der Waals surface area (Å²) in [6.07, 6.45) is 4.39. The van der Waals surface area contributed by atoms with Gasteiger partial charge >= 0.3 is 0 Å². The molecule has 3 atom stereocenters. The maximum atomic E-state index is 5.84. The highest BCUT2D eigenvalue weighted by atomic mass is 16.5. The maximum absolute atomic E-state index is 5.84. The van der Waals surface area contributed by atoms with Gasteiger partial charge in [-0.05, 0) is 40.0 Å². The van der Waals surface area contributed by atoms with Crippen LogP contribution in [0.3, 0.4) is 0 Å². The van der Waals surface area contributed by atoms with Crippen molar-refractivity contribution in [1.82, 2.24) is 16.0 Å². The van der Waals surface area contributed by atoms with Crippen LogP contribution in [0.25, 0.3) is 0 Å². The van der Waals surface area contributed by atoms with Crippen LogP contribution in [-0.4, -0.2) is 49.9 Å². The summed E-state index contributed by atoms with van der Waals surface area (Å²) in [5, 5.41) is 10.3. The van der Waals surface area contributed by atoms with E-state index >= 15 is 0 Å². The first-order chi connectivity index (χ1) is 8.98. The first-order valence-corrected chi connectivity index (χ1v) is 7.35. The summed E-state index contributed by atoms with van der Waals surface area (Å²) in [5.41, 5.74) is 0.164. The second-order valence-corrected chi connectivity index (χ2v) is 6.54. The van der Waals surface area contributed by atoms with Crippen molar-refractivity contribution in [2.75, 3.05) is 20.1 Å². The lowest BCUT2D eigenvalue weighted by molar-refractivity contribution is 0.0992. The van der Waals surface area contributed by atoms with Gasteiger partial charge in [0.25, 0.3) is 0 Å². The van der Waals surface area contributed by atoms with Crippen molar-refractivity contribution in [2.24, 2.45) is 4.99 Å². The summed E-state index contributed by atoms with van der Waals surface area (Å²) in [6.45, 7) is 8.32. The average Bonchev–Trinajstić information content (AvgIpc) is 2.93. The summed E-state index contributed by atoms with van der Waals surface area (Å²) in [5.74, 6) is 0.886. The number of guanidine groups is 1. The fraction of sp³-hybridized carbons (Fsp3) is 0.929. The van der Waals surface area contributed by atoms with Crippen LogP contribution >= 0.6 is 0 Å². The van der Waals surface area contributed by atoms with Crippen LogP contribution in [0.2, 0.25) is 0 Å². The second-order valence-electron chi connectivity index (χ2n) is 6.54. The lowest BCUT2D eigenvalue weighted by Gasteiger charge is -2.24. The topological polar surface area (TPSA) is 57.7 Å². The molecule has 19 heavy (non-hydrogen) atoms. The molecule has 2 aliphatic heterocycles. The summed E-state index contributed by atoms with van der Waals surface area (Å²) in [6, 6.07) is 0.431. The number of nitrogens with zero attached hydrogens (tertiary/aromatic N) is 1. The van der Waals surface area contributed by atoms with E-state index in [1.165, 1.54) is 12.8 Å². The van der Waals surface area contributed by atoms with Gasteiger partial charge in [0.2, 0.25) is 0 Å². The van der Waals surface area contributed by atoms with Crippen LogP contribution in [-0.2, 0) is 4.74 Å². The zero-order valence-corrected chi connectivity index (χ0v) is 12.6. The molecule has 0 aromatic carbocycles. The minimum Gasteiger partial charge on any atom is -0.373 e. The van der Waals surface area contributed by atoms with E-state index in [0.29, 0.717) is 18.2 Å². The highest BCUT2D eigenvalue weighted by Gasteiger charge is 2.41. The van der Waals surface area contributed by atoms with Crippen molar-refractivity contribution in [3.63, 3.8) is 0 Å². The predicted octanol–water partition coefficient (Wildman–Crippen LogP) is 0.859. The Balaban J connectivity index is 1.67. The Morgan fingerprint density at radius 1 is 1.26 bits per heavy atom. The van der Waals surface area contributed by atoms with E-state index in [1.807, 2.05) is 7.05 Å². The Morgan fingerprint density at radius 2 is 2.05 bits per heavy atom. The predicted molar refractivity (Wildman–Crippen MR) is 78.6 cm³/mol. The molecule has 2 rings (SSSR count). The molecule has 0 aromatic rings. The molecular weight excluding hydrogens is 240 g/mol. The summed E-state index contributed by atoms with van der Waals surface area (Å²) >= 11 is 0. The Morgan fingerprint density at radius 3 is 2.58 bits per heavy atom. The average molecular weight is 268 g/mol. The molecule has 2 saturated heterocycles. The van der Waals surface area contributed by atoms with Gasteiger partial charge < -0.3 is 20.7 Å². The zero-order valence-electron chi connectivity index (χ0n) is 12.6. The Bertz CT molecular complexity index is 324. The van der Waals surface area contributed by atoms with Crippen LogP contribution in [0, 0.1) is 0 Å². The third-order valence-corrected chi connectivity index (χ3v) is 3.72. The van der Waals surface area contributed by atoms with E-state index < -0.39 is 0 Å². The fourth-order valence-corrected chi connectivity index (χ4v) is 2.78. The van der Waals surface area contributed by atoms with Crippen molar-refractivity contribution >= 4 is 5.96 Å².